The van der Waals surface area contributed by atoms with Gasteiger partial charge in [-0.15, -0.1) is 22.7 Å². The molecular formula is C19H24N2O2S2. The van der Waals surface area contributed by atoms with Crippen LogP contribution in [0, 0.1) is 12.3 Å². The van der Waals surface area contributed by atoms with Gasteiger partial charge in [-0.2, -0.15) is 0 Å². The molecule has 1 aliphatic heterocycles. The van der Waals surface area contributed by atoms with Gasteiger partial charge in [0.1, 0.15) is 0 Å². The van der Waals surface area contributed by atoms with E-state index >= 15 is 0 Å². The zero-order chi connectivity index (χ0) is 18.4. The van der Waals surface area contributed by atoms with E-state index in [1.54, 1.807) is 11.3 Å². The van der Waals surface area contributed by atoms with Crippen LogP contribution < -0.4 is 5.32 Å². The standard InChI is InChI=1S/C19H24N2O2S2/c1-11-10-15(20-18(23)19(3,4)5)25-16(11)17(22)21-8-6-14-13(12(21)2)7-9-24-14/h7,9-10,12H,6,8H2,1-5H3,(H,20,23). The van der Waals surface area contributed by atoms with Gasteiger partial charge in [0.2, 0.25) is 5.91 Å². The number of rotatable bonds is 2. The van der Waals surface area contributed by atoms with Crippen molar-refractivity contribution in [1.82, 2.24) is 4.90 Å². The van der Waals surface area contributed by atoms with Crippen LogP contribution >= 0.6 is 22.7 Å². The molecule has 3 rings (SSSR count). The van der Waals surface area contributed by atoms with Crippen molar-refractivity contribution in [3.8, 4) is 0 Å². The molecular weight excluding hydrogens is 352 g/mol. The van der Waals surface area contributed by atoms with Gasteiger partial charge in [-0.25, -0.2) is 0 Å². The summed E-state index contributed by atoms with van der Waals surface area (Å²) in [5, 5.41) is 5.77. The van der Waals surface area contributed by atoms with E-state index in [1.165, 1.54) is 21.8 Å². The van der Waals surface area contributed by atoms with Crippen molar-refractivity contribution in [2.45, 2.75) is 47.1 Å². The molecule has 3 heterocycles. The number of anilines is 1. The highest BCUT2D eigenvalue weighted by Gasteiger charge is 2.31. The van der Waals surface area contributed by atoms with Crippen molar-refractivity contribution >= 4 is 39.5 Å². The van der Waals surface area contributed by atoms with Gasteiger partial charge in [0.05, 0.1) is 15.9 Å². The average molecular weight is 377 g/mol. The van der Waals surface area contributed by atoms with Gasteiger partial charge in [0, 0.05) is 16.8 Å². The Balaban J connectivity index is 1.81. The smallest absolute Gasteiger partial charge is 0.264 e. The summed E-state index contributed by atoms with van der Waals surface area (Å²) in [6.45, 7) is 10.4. The number of thiophene rings is 2. The Labute approximate surface area is 156 Å². The van der Waals surface area contributed by atoms with Crippen LogP contribution in [0.25, 0.3) is 0 Å². The minimum atomic E-state index is -0.460. The Bertz CT molecular complexity index is 814. The fourth-order valence-corrected chi connectivity index (χ4v) is 4.96. The molecule has 0 spiro atoms. The lowest BCUT2D eigenvalue weighted by Gasteiger charge is -2.33. The molecule has 134 valence electrons. The Kier molecular flexibility index (Phi) is 4.77. The molecule has 2 amide bonds. The van der Waals surface area contributed by atoms with Gasteiger partial charge in [-0.05, 0) is 48.9 Å². The molecule has 0 aromatic carbocycles. The summed E-state index contributed by atoms with van der Waals surface area (Å²) in [5.41, 5.74) is 1.72. The van der Waals surface area contributed by atoms with Gasteiger partial charge in [0.15, 0.2) is 0 Å². The first kappa shape index (κ1) is 18.1. The number of aryl methyl sites for hydroxylation is 1. The van der Waals surface area contributed by atoms with E-state index in [-0.39, 0.29) is 17.9 Å². The number of hydrogen-bond acceptors (Lipinski definition) is 4. The summed E-state index contributed by atoms with van der Waals surface area (Å²) in [4.78, 5) is 29.3. The van der Waals surface area contributed by atoms with E-state index in [4.69, 9.17) is 0 Å². The molecule has 1 atom stereocenters. The molecule has 0 radical (unpaired) electrons. The maximum Gasteiger partial charge on any atom is 0.264 e. The Morgan fingerprint density at radius 3 is 2.72 bits per heavy atom. The maximum atomic E-state index is 13.1. The predicted octanol–water partition coefficient (Wildman–Crippen LogP) is 4.86. The van der Waals surface area contributed by atoms with Gasteiger partial charge in [0.25, 0.3) is 5.91 Å². The van der Waals surface area contributed by atoms with Crippen LogP contribution in [0.3, 0.4) is 0 Å². The normalized spacial score (nSPS) is 17.3. The summed E-state index contributed by atoms with van der Waals surface area (Å²) >= 11 is 3.14. The van der Waals surface area contributed by atoms with E-state index in [2.05, 4.69) is 23.7 Å². The third-order valence-electron chi connectivity index (χ3n) is 4.57. The minimum Gasteiger partial charge on any atom is -0.331 e. The van der Waals surface area contributed by atoms with Crippen LogP contribution in [0.5, 0.6) is 0 Å². The largest absolute Gasteiger partial charge is 0.331 e. The molecule has 0 bridgehead atoms. The lowest BCUT2D eigenvalue weighted by atomic mass is 9.96. The fraction of sp³-hybridized carbons (Fsp3) is 0.474. The maximum absolute atomic E-state index is 13.1. The average Bonchev–Trinajstić information content (AvgIpc) is 3.13. The number of nitrogens with one attached hydrogen (secondary N) is 1. The summed E-state index contributed by atoms with van der Waals surface area (Å²) < 4.78 is 0. The second-order valence-corrected chi connectivity index (χ2v) is 9.60. The molecule has 0 saturated carbocycles. The third kappa shape index (κ3) is 3.51. The van der Waals surface area contributed by atoms with E-state index in [0.29, 0.717) is 0 Å². The number of nitrogens with zero attached hydrogens (tertiary/aromatic N) is 1. The Hall–Kier alpha value is -1.66. The molecule has 2 aromatic heterocycles. The monoisotopic (exact) mass is 376 g/mol. The van der Waals surface area contributed by atoms with Gasteiger partial charge in [-0.1, -0.05) is 20.8 Å². The number of hydrogen-bond donors (Lipinski definition) is 1. The zero-order valence-corrected chi connectivity index (χ0v) is 16.9. The summed E-state index contributed by atoms with van der Waals surface area (Å²) in [7, 11) is 0. The highest BCUT2D eigenvalue weighted by Crippen LogP contribution is 2.36. The lowest BCUT2D eigenvalue weighted by Crippen LogP contribution is -2.38. The molecule has 25 heavy (non-hydrogen) atoms. The molecule has 0 aliphatic carbocycles. The number of carbonyl (C=O) groups excluding carboxylic acids is 2. The predicted molar refractivity (Wildman–Crippen MR) is 105 cm³/mol. The van der Waals surface area contributed by atoms with Gasteiger partial charge < -0.3 is 10.2 Å². The van der Waals surface area contributed by atoms with Crippen LogP contribution in [-0.2, 0) is 11.2 Å². The Morgan fingerprint density at radius 2 is 2.04 bits per heavy atom. The van der Waals surface area contributed by atoms with Crippen LogP contribution in [-0.4, -0.2) is 23.3 Å². The summed E-state index contributed by atoms with van der Waals surface area (Å²) in [5.74, 6) is 0.0186. The van der Waals surface area contributed by atoms with Crippen molar-refractivity contribution in [3.63, 3.8) is 0 Å². The molecule has 1 N–H and O–H groups in total. The van der Waals surface area contributed by atoms with E-state index in [9.17, 15) is 9.59 Å². The van der Waals surface area contributed by atoms with Crippen LogP contribution in [0.15, 0.2) is 17.5 Å². The fourth-order valence-electron chi connectivity index (χ4n) is 2.97. The van der Waals surface area contributed by atoms with Crippen molar-refractivity contribution in [2.75, 3.05) is 11.9 Å². The topological polar surface area (TPSA) is 49.4 Å². The molecule has 0 fully saturated rings. The minimum absolute atomic E-state index is 0.0398. The third-order valence-corrected chi connectivity index (χ3v) is 6.71. The number of fused-ring (bicyclic) bond motifs is 1. The number of carbonyl (C=O) groups is 2. The molecule has 4 nitrogen and oxygen atoms in total. The van der Waals surface area contributed by atoms with E-state index in [1.807, 2.05) is 38.7 Å². The van der Waals surface area contributed by atoms with E-state index in [0.717, 1.165) is 28.4 Å². The first-order valence-electron chi connectivity index (χ1n) is 8.47. The molecule has 0 saturated heterocycles. The zero-order valence-electron chi connectivity index (χ0n) is 15.3. The van der Waals surface area contributed by atoms with Crippen LogP contribution in [0.4, 0.5) is 5.00 Å². The second kappa shape index (κ2) is 6.57. The van der Waals surface area contributed by atoms with Crippen LogP contribution in [0.2, 0.25) is 0 Å². The molecule has 1 aliphatic rings. The summed E-state index contributed by atoms with van der Waals surface area (Å²) in [6, 6.07) is 4.11. The highest BCUT2D eigenvalue weighted by atomic mass is 32.1. The first-order chi connectivity index (χ1) is 11.7. The van der Waals surface area contributed by atoms with E-state index < -0.39 is 5.41 Å². The Morgan fingerprint density at radius 1 is 1.32 bits per heavy atom. The molecule has 6 heteroatoms. The van der Waals surface area contributed by atoms with Crippen molar-refractivity contribution in [3.05, 3.63) is 38.4 Å². The second-order valence-electron chi connectivity index (χ2n) is 7.55. The lowest BCUT2D eigenvalue weighted by molar-refractivity contribution is -0.123. The van der Waals surface area contributed by atoms with Crippen LogP contribution in [0.1, 0.15) is 59.4 Å². The highest BCUT2D eigenvalue weighted by molar-refractivity contribution is 7.18. The van der Waals surface area contributed by atoms with Gasteiger partial charge >= 0.3 is 0 Å². The molecule has 2 aromatic rings. The number of amides is 2. The van der Waals surface area contributed by atoms with Gasteiger partial charge in [-0.3, -0.25) is 9.59 Å². The SMILES string of the molecule is Cc1cc(NC(=O)C(C)(C)C)sc1C(=O)N1CCc2sccc2C1C. The summed E-state index contributed by atoms with van der Waals surface area (Å²) in [6.07, 6.45) is 0.918. The molecule has 1 unspecified atom stereocenters. The van der Waals surface area contributed by atoms with Crippen molar-refractivity contribution in [1.29, 1.82) is 0 Å². The van der Waals surface area contributed by atoms with Crippen molar-refractivity contribution < 1.29 is 9.59 Å². The quantitative estimate of drug-likeness (QED) is 0.813. The van der Waals surface area contributed by atoms with Crippen molar-refractivity contribution in [2.24, 2.45) is 5.41 Å². The first-order valence-corrected chi connectivity index (χ1v) is 10.2.